The SMILES string of the molecule is O=C1CCC(c2ccccc2)(c2ccccc2)C2CN(C(=O)Cc3c(Cl)cccc3Cl)CC12. The number of hydrogen-bond acceptors (Lipinski definition) is 2. The van der Waals surface area contributed by atoms with Crippen molar-refractivity contribution in [1.29, 1.82) is 0 Å². The van der Waals surface area contributed by atoms with Crippen molar-refractivity contribution in [3.8, 4) is 0 Å². The van der Waals surface area contributed by atoms with Gasteiger partial charge in [0.25, 0.3) is 0 Å². The number of benzene rings is 3. The lowest BCUT2D eigenvalue weighted by molar-refractivity contribution is -0.129. The number of ketones is 1. The highest BCUT2D eigenvalue weighted by molar-refractivity contribution is 6.36. The summed E-state index contributed by atoms with van der Waals surface area (Å²) in [5.74, 6) is 0.0647. The van der Waals surface area contributed by atoms with E-state index in [0.29, 0.717) is 35.1 Å². The minimum Gasteiger partial charge on any atom is -0.341 e. The summed E-state index contributed by atoms with van der Waals surface area (Å²) < 4.78 is 0. The fourth-order valence-electron chi connectivity index (χ4n) is 5.84. The first-order valence-corrected chi connectivity index (χ1v) is 12.1. The summed E-state index contributed by atoms with van der Waals surface area (Å²) in [7, 11) is 0. The number of amides is 1. The van der Waals surface area contributed by atoms with E-state index in [1.165, 1.54) is 11.1 Å². The van der Waals surface area contributed by atoms with Crippen LogP contribution in [0.2, 0.25) is 10.0 Å². The molecule has 5 heteroatoms. The van der Waals surface area contributed by atoms with Gasteiger partial charge in [0.15, 0.2) is 0 Å². The van der Waals surface area contributed by atoms with Gasteiger partial charge in [-0.05, 0) is 35.2 Å². The number of rotatable bonds is 4. The van der Waals surface area contributed by atoms with E-state index in [4.69, 9.17) is 23.2 Å². The molecule has 1 saturated heterocycles. The quantitative estimate of drug-likeness (QED) is 0.464. The topological polar surface area (TPSA) is 37.4 Å². The highest BCUT2D eigenvalue weighted by Gasteiger charge is 2.55. The second-order valence-corrected chi connectivity index (χ2v) is 9.87. The van der Waals surface area contributed by atoms with Gasteiger partial charge in [0.1, 0.15) is 5.78 Å². The Morgan fingerprint density at radius 1 is 0.848 bits per heavy atom. The molecule has 0 spiro atoms. The first-order chi connectivity index (χ1) is 16.0. The molecule has 2 atom stereocenters. The molecule has 168 valence electrons. The van der Waals surface area contributed by atoms with E-state index >= 15 is 0 Å². The van der Waals surface area contributed by atoms with Crippen LogP contribution in [0.25, 0.3) is 0 Å². The molecule has 1 aliphatic heterocycles. The van der Waals surface area contributed by atoms with Crippen LogP contribution in [0.15, 0.2) is 78.9 Å². The molecule has 3 aromatic rings. The fourth-order valence-corrected chi connectivity index (χ4v) is 6.37. The van der Waals surface area contributed by atoms with Crippen LogP contribution in [0, 0.1) is 11.8 Å². The lowest BCUT2D eigenvalue weighted by atomic mass is 9.56. The van der Waals surface area contributed by atoms with Crippen molar-refractivity contribution in [2.45, 2.75) is 24.7 Å². The van der Waals surface area contributed by atoms with Crippen LogP contribution in [0.1, 0.15) is 29.5 Å². The van der Waals surface area contributed by atoms with E-state index in [1.54, 1.807) is 18.2 Å². The van der Waals surface area contributed by atoms with Gasteiger partial charge in [-0.15, -0.1) is 0 Å². The van der Waals surface area contributed by atoms with Gasteiger partial charge in [-0.2, -0.15) is 0 Å². The van der Waals surface area contributed by atoms with Crippen molar-refractivity contribution >= 4 is 34.9 Å². The molecule has 0 radical (unpaired) electrons. The maximum atomic E-state index is 13.4. The molecule has 2 unspecified atom stereocenters. The zero-order chi connectivity index (χ0) is 23.0. The summed E-state index contributed by atoms with van der Waals surface area (Å²) >= 11 is 12.6. The predicted octanol–water partition coefficient (Wildman–Crippen LogP) is 5.96. The minimum absolute atomic E-state index is 0.0224. The molecular formula is C28H25Cl2NO2. The molecule has 1 saturated carbocycles. The van der Waals surface area contributed by atoms with E-state index in [9.17, 15) is 9.59 Å². The average molecular weight is 478 g/mol. The van der Waals surface area contributed by atoms with Crippen LogP contribution >= 0.6 is 23.2 Å². The van der Waals surface area contributed by atoms with Gasteiger partial charge in [0.05, 0.1) is 6.42 Å². The van der Waals surface area contributed by atoms with Crippen LogP contribution in [0.3, 0.4) is 0 Å². The number of fused-ring (bicyclic) bond motifs is 1. The minimum atomic E-state index is -0.307. The van der Waals surface area contributed by atoms with Crippen molar-refractivity contribution in [3.63, 3.8) is 0 Å². The Kier molecular flexibility index (Phi) is 6.03. The van der Waals surface area contributed by atoms with Gasteiger partial charge in [0, 0.05) is 46.8 Å². The van der Waals surface area contributed by atoms with Crippen LogP contribution < -0.4 is 0 Å². The largest absolute Gasteiger partial charge is 0.341 e. The Bertz CT molecular complexity index is 1120. The molecule has 0 aromatic heterocycles. The van der Waals surface area contributed by atoms with Crippen molar-refractivity contribution in [3.05, 3.63) is 106 Å². The summed E-state index contributed by atoms with van der Waals surface area (Å²) in [6.07, 6.45) is 1.40. The lowest BCUT2D eigenvalue weighted by Gasteiger charge is -2.45. The van der Waals surface area contributed by atoms with E-state index < -0.39 is 0 Å². The van der Waals surface area contributed by atoms with Crippen molar-refractivity contribution in [2.75, 3.05) is 13.1 Å². The first kappa shape index (κ1) is 22.2. The molecule has 2 aliphatic rings. The summed E-state index contributed by atoms with van der Waals surface area (Å²) in [6.45, 7) is 0.993. The third-order valence-corrected chi connectivity index (χ3v) is 8.16. The molecule has 1 aliphatic carbocycles. The third kappa shape index (κ3) is 3.88. The molecule has 2 fully saturated rings. The van der Waals surface area contributed by atoms with Gasteiger partial charge in [-0.1, -0.05) is 89.9 Å². The molecule has 3 aromatic carbocycles. The molecule has 1 heterocycles. The standard InChI is InChI=1S/C28H25Cl2NO2/c29-24-12-7-13-25(30)21(24)16-27(33)31-17-22-23(18-31)28(15-14-26(22)32,19-8-3-1-4-9-19)20-10-5-2-6-11-20/h1-13,22-23H,14-18H2. The lowest BCUT2D eigenvalue weighted by Crippen LogP contribution is -2.47. The maximum absolute atomic E-state index is 13.4. The van der Waals surface area contributed by atoms with Crippen LogP contribution in [-0.2, 0) is 21.4 Å². The van der Waals surface area contributed by atoms with Crippen LogP contribution in [0.4, 0.5) is 0 Å². The average Bonchev–Trinajstić information content (AvgIpc) is 3.30. The number of halogens is 2. The van der Waals surface area contributed by atoms with Crippen LogP contribution in [0.5, 0.6) is 0 Å². The van der Waals surface area contributed by atoms with Gasteiger partial charge in [-0.25, -0.2) is 0 Å². The fraction of sp³-hybridized carbons (Fsp3) is 0.286. The molecule has 33 heavy (non-hydrogen) atoms. The molecule has 0 bridgehead atoms. The van der Waals surface area contributed by atoms with Crippen molar-refractivity contribution < 1.29 is 9.59 Å². The molecule has 5 rings (SSSR count). The first-order valence-electron chi connectivity index (χ1n) is 11.3. The van der Waals surface area contributed by atoms with Gasteiger partial charge in [0.2, 0.25) is 5.91 Å². The monoisotopic (exact) mass is 477 g/mol. The van der Waals surface area contributed by atoms with Gasteiger partial charge in [-0.3, -0.25) is 9.59 Å². The number of carbonyl (C=O) groups is 2. The van der Waals surface area contributed by atoms with E-state index in [2.05, 4.69) is 48.5 Å². The third-order valence-electron chi connectivity index (χ3n) is 7.45. The molecule has 3 nitrogen and oxygen atoms in total. The normalized spacial score (nSPS) is 21.6. The van der Waals surface area contributed by atoms with Crippen molar-refractivity contribution in [1.82, 2.24) is 4.90 Å². The maximum Gasteiger partial charge on any atom is 0.227 e. The number of nitrogens with zero attached hydrogens (tertiary/aromatic N) is 1. The zero-order valence-electron chi connectivity index (χ0n) is 18.2. The summed E-state index contributed by atoms with van der Waals surface area (Å²) in [4.78, 5) is 28.3. The second kappa shape index (κ2) is 8.96. The van der Waals surface area contributed by atoms with Gasteiger partial charge >= 0.3 is 0 Å². The molecule has 0 N–H and O–H groups in total. The molecule has 1 amide bonds. The Hall–Kier alpha value is -2.62. The summed E-state index contributed by atoms with van der Waals surface area (Å²) in [5.41, 5.74) is 2.76. The number of hydrogen-bond donors (Lipinski definition) is 0. The Labute approximate surface area is 204 Å². The van der Waals surface area contributed by atoms with E-state index in [-0.39, 0.29) is 35.4 Å². The number of carbonyl (C=O) groups excluding carboxylic acids is 2. The molecular weight excluding hydrogens is 453 g/mol. The second-order valence-electron chi connectivity index (χ2n) is 9.06. The Morgan fingerprint density at radius 3 is 2.00 bits per heavy atom. The summed E-state index contributed by atoms with van der Waals surface area (Å²) in [5, 5.41) is 0.984. The number of likely N-dealkylation sites (tertiary alicyclic amines) is 1. The predicted molar refractivity (Wildman–Crippen MR) is 132 cm³/mol. The zero-order valence-corrected chi connectivity index (χ0v) is 19.7. The van der Waals surface area contributed by atoms with Crippen LogP contribution in [-0.4, -0.2) is 29.7 Å². The Balaban J connectivity index is 1.52. The van der Waals surface area contributed by atoms with Gasteiger partial charge < -0.3 is 4.90 Å². The smallest absolute Gasteiger partial charge is 0.227 e. The Morgan fingerprint density at radius 2 is 1.42 bits per heavy atom. The van der Waals surface area contributed by atoms with E-state index in [0.717, 1.165) is 6.42 Å². The summed E-state index contributed by atoms with van der Waals surface area (Å²) in [6, 6.07) is 26.2. The highest BCUT2D eigenvalue weighted by atomic mass is 35.5. The number of Topliss-reactive ketones (excluding diaryl/α,β-unsaturated/α-hetero) is 1. The van der Waals surface area contributed by atoms with E-state index in [1.807, 2.05) is 17.0 Å². The van der Waals surface area contributed by atoms with Crippen molar-refractivity contribution in [2.24, 2.45) is 11.8 Å². The highest BCUT2D eigenvalue weighted by Crippen LogP contribution is 2.52.